The van der Waals surface area contributed by atoms with Gasteiger partial charge in [0, 0.05) is 5.92 Å². The van der Waals surface area contributed by atoms with Crippen molar-refractivity contribution in [3.63, 3.8) is 0 Å². The Labute approximate surface area is 101 Å². The summed E-state index contributed by atoms with van der Waals surface area (Å²) in [7, 11) is 0. The molecule has 3 atom stereocenters. The van der Waals surface area contributed by atoms with E-state index in [9.17, 15) is 9.59 Å². The average molecular weight is 238 g/mol. The number of allylic oxidation sites excluding steroid dienone is 1. The van der Waals surface area contributed by atoms with E-state index < -0.39 is 17.4 Å². The number of esters is 2. The van der Waals surface area contributed by atoms with Crippen LogP contribution in [0.1, 0.15) is 33.1 Å². The standard InChI is InChI=1S/C13H18O4/c1-3-6-10-9-7-5-8-13(9,12(15)17-10)11(14)16-4-2/h3,6,9-10H,4-5,7-8H2,1-2H3/b6-3+/t9-,10+,13-/m1/s1. The summed E-state index contributed by atoms with van der Waals surface area (Å²) >= 11 is 0. The van der Waals surface area contributed by atoms with Crippen LogP contribution in [0.4, 0.5) is 0 Å². The van der Waals surface area contributed by atoms with Crippen LogP contribution in [0.25, 0.3) is 0 Å². The zero-order valence-electron chi connectivity index (χ0n) is 10.3. The second-order valence-electron chi connectivity index (χ2n) is 4.59. The highest BCUT2D eigenvalue weighted by Crippen LogP contribution is 2.52. The molecule has 1 saturated heterocycles. The van der Waals surface area contributed by atoms with Crippen molar-refractivity contribution >= 4 is 11.9 Å². The summed E-state index contributed by atoms with van der Waals surface area (Å²) in [5.41, 5.74) is -1.03. The topological polar surface area (TPSA) is 52.6 Å². The second kappa shape index (κ2) is 4.51. The fraction of sp³-hybridized carbons (Fsp3) is 0.692. The Morgan fingerprint density at radius 3 is 3.06 bits per heavy atom. The van der Waals surface area contributed by atoms with Crippen molar-refractivity contribution < 1.29 is 19.1 Å². The van der Waals surface area contributed by atoms with Gasteiger partial charge in [-0.15, -0.1) is 0 Å². The van der Waals surface area contributed by atoms with Gasteiger partial charge in [-0.2, -0.15) is 0 Å². The van der Waals surface area contributed by atoms with Crippen molar-refractivity contribution in [3.05, 3.63) is 12.2 Å². The van der Waals surface area contributed by atoms with Gasteiger partial charge in [0.15, 0.2) is 5.41 Å². The summed E-state index contributed by atoms with van der Waals surface area (Å²) in [5, 5.41) is 0. The Bertz CT molecular complexity index is 360. The van der Waals surface area contributed by atoms with E-state index in [2.05, 4.69) is 0 Å². The van der Waals surface area contributed by atoms with Crippen molar-refractivity contribution in [2.75, 3.05) is 6.61 Å². The molecule has 0 unspecified atom stereocenters. The van der Waals surface area contributed by atoms with Crippen molar-refractivity contribution in [2.45, 2.75) is 39.2 Å². The van der Waals surface area contributed by atoms with Gasteiger partial charge in [-0.3, -0.25) is 9.59 Å². The summed E-state index contributed by atoms with van der Waals surface area (Å²) in [6, 6.07) is 0. The lowest BCUT2D eigenvalue weighted by Crippen LogP contribution is -2.40. The molecule has 0 aromatic heterocycles. The molecule has 0 spiro atoms. The van der Waals surface area contributed by atoms with Gasteiger partial charge in [-0.1, -0.05) is 12.5 Å². The molecule has 17 heavy (non-hydrogen) atoms. The molecule has 0 bridgehead atoms. The van der Waals surface area contributed by atoms with Crippen molar-refractivity contribution in [1.82, 2.24) is 0 Å². The van der Waals surface area contributed by atoms with Crippen molar-refractivity contribution in [2.24, 2.45) is 11.3 Å². The molecule has 1 aliphatic carbocycles. The van der Waals surface area contributed by atoms with Crippen LogP contribution >= 0.6 is 0 Å². The molecule has 0 amide bonds. The first-order valence-corrected chi connectivity index (χ1v) is 6.18. The maximum absolute atomic E-state index is 12.1. The zero-order chi connectivity index (χ0) is 12.5. The lowest BCUT2D eigenvalue weighted by Gasteiger charge is -2.22. The number of hydrogen-bond acceptors (Lipinski definition) is 4. The highest BCUT2D eigenvalue weighted by molar-refractivity contribution is 6.02. The number of hydrogen-bond donors (Lipinski definition) is 0. The van der Waals surface area contributed by atoms with Crippen molar-refractivity contribution in [1.29, 1.82) is 0 Å². The van der Waals surface area contributed by atoms with E-state index in [0.717, 1.165) is 12.8 Å². The molecule has 2 rings (SSSR count). The third-order valence-electron chi connectivity index (χ3n) is 3.74. The molecule has 0 radical (unpaired) electrons. The smallest absolute Gasteiger partial charge is 0.324 e. The number of ether oxygens (including phenoxy) is 2. The van der Waals surface area contributed by atoms with Gasteiger partial charge in [-0.25, -0.2) is 0 Å². The van der Waals surface area contributed by atoms with E-state index in [-0.39, 0.29) is 12.0 Å². The number of rotatable bonds is 3. The number of carbonyl (C=O) groups is 2. The van der Waals surface area contributed by atoms with Gasteiger partial charge >= 0.3 is 11.9 Å². The van der Waals surface area contributed by atoms with Gasteiger partial charge in [-0.05, 0) is 32.8 Å². The molecule has 1 heterocycles. The molecule has 4 nitrogen and oxygen atoms in total. The van der Waals surface area contributed by atoms with Crippen LogP contribution in [0.3, 0.4) is 0 Å². The van der Waals surface area contributed by atoms with E-state index in [1.807, 2.05) is 19.1 Å². The monoisotopic (exact) mass is 238 g/mol. The minimum absolute atomic E-state index is 0.0507. The summed E-state index contributed by atoms with van der Waals surface area (Å²) < 4.78 is 10.4. The Hall–Kier alpha value is -1.32. The maximum Gasteiger partial charge on any atom is 0.324 e. The van der Waals surface area contributed by atoms with Crippen LogP contribution < -0.4 is 0 Å². The summed E-state index contributed by atoms with van der Waals surface area (Å²) in [5.74, 6) is -0.855. The molecule has 2 fully saturated rings. The van der Waals surface area contributed by atoms with E-state index in [4.69, 9.17) is 9.47 Å². The molecule has 0 N–H and O–H groups in total. The van der Waals surface area contributed by atoms with E-state index in [1.165, 1.54) is 0 Å². The first-order chi connectivity index (χ1) is 8.16. The van der Waals surface area contributed by atoms with E-state index in [0.29, 0.717) is 13.0 Å². The molecule has 0 aromatic rings. The molecular weight excluding hydrogens is 220 g/mol. The van der Waals surface area contributed by atoms with Crippen LogP contribution in [-0.4, -0.2) is 24.6 Å². The Morgan fingerprint density at radius 1 is 1.65 bits per heavy atom. The minimum atomic E-state index is -1.03. The third-order valence-corrected chi connectivity index (χ3v) is 3.74. The quantitative estimate of drug-likeness (QED) is 0.427. The second-order valence-corrected chi connectivity index (χ2v) is 4.59. The lowest BCUT2D eigenvalue weighted by molar-refractivity contribution is -0.165. The van der Waals surface area contributed by atoms with Gasteiger partial charge in [0.1, 0.15) is 6.10 Å². The Kier molecular flexibility index (Phi) is 3.22. The molecule has 1 aliphatic heterocycles. The van der Waals surface area contributed by atoms with E-state index in [1.54, 1.807) is 6.92 Å². The normalized spacial score (nSPS) is 36.0. The Morgan fingerprint density at radius 2 is 2.41 bits per heavy atom. The van der Waals surface area contributed by atoms with Crippen molar-refractivity contribution in [3.8, 4) is 0 Å². The first kappa shape index (κ1) is 12.1. The Balaban J connectivity index is 2.30. The van der Waals surface area contributed by atoms with Crippen LogP contribution in [-0.2, 0) is 19.1 Å². The number of carbonyl (C=O) groups excluding carboxylic acids is 2. The van der Waals surface area contributed by atoms with Crippen LogP contribution in [0, 0.1) is 11.3 Å². The molecule has 4 heteroatoms. The number of fused-ring (bicyclic) bond motifs is 1. The van der Waals surface area contributed by atoms with Gasteiger partial charge in [0.05, 0.1) is 6.61 Å². The van der Waals surface area contributed by atoms with Crippen LogP contribution in [0.5, 0.6) is 0 Å². The van der Waals surface area contributed by atoms with Gasteiger partial charge < -0.3 is 9.47 Å². The summed E-state index contributed by atoms with van der Waals surface area (Å²) in [6.07, 6.45) is 5.74. The third kappa shape index (κ3) is 1.66. The molecular formula is C13H18O4. The number of cyclic esters (lactones) is 1. The van der Waals surface area contributed by atoms with E-state index >= 15 is 0 Å². The average Bonchev–Trinajstić information content (AvgIpc) is 2.82. The fourth-order valence-electron chi connectivity index (χ4n) is 3.00. The molecule has 94 valence electrons. The van der Waals surface area contributed by atoms with Gasteiger partial charge in [0.25, 0.3) is 0 Å². The predicted molar refractivity (Wildman–Crippen MR) is 61.1 cm³/mol. The largest absolute Gasteiger partial charge is 0.465 e. The minimum Gasteiger partial charge on any atom is -0.465 e. The van der Waals surface area contributed by atoms with Crippen LogP contribution in [0.15, 0.2) is 12.2 Å². The summed E-state index contributed by atoms with van der Waals surface area (Å²) in [6.45, 7) is 3.93. The zero-order valence-corrected chi connectivity index (χ0v) is 10.3. The molecule has 2 aliphatic rings. The van der Waals surface area contributed by atoms with Gasteiger partial charge in [0.2, 0.25) is 0 Å². The molecule has 0 aromatic carbocycles. The highest BCUT2D eigenvalue weighted by Gasteiger charge is 2.64. The first-order valence-electron chi connectivity index (χ1n) is 6.18. The fourth-order valence-corrected chi connectivity index (χ4v) is 3.00. The molecule has 1 saturated carbocycles. The maximum atomic E-state index is 12.1. The lowest BCUT2D eigenvalue weighted by atomic mass is 9.77. The SMILES string of the molecule is C/C=C/[C@@H]1OC(=O)[C@]2(C(=O)OCC)CCC[C@H]12. The highest BCUT2D eigenvalue weighted by atomic mass is 16.6. The predicted octanol–water partition coefficient (Wildman–Crippen LogP) is 1.84. The summed E-state index contributed by atoms with van der Waals surface area (Å²) in [4.78, 5) is 24.1. The van der Waals surface area contributed by atoms with Crippen LogP contribution in [0.2, 0.25) is 0 Å².